The van der Waals surface area contributed by atoms with Gasteiger partial charge in [0.2, 0.25) is 0 Å². The molecule has 0 aliphatic rings. The third kappa shape index (κ3) is 6.06. The average Bonchev–Trinajstić information content (AvgIpc) is 2.30. The first-order chi connectivity index (χ1) is 8.81. The van der Waals surface area contributed by atoms with Crippen LogP contribution in [-0.2, 0) is 0 Å². The van der Waals surface area contributed by atoms with Gasteiger partial charge in [0.25, 0.3) is 0 Å². The molecule has 0 aliphatic carbocycles. The van der Waals surface area contributed by atoms with Crippen LogP contribution in [0.1, 0.15) is 46.1 Å². The fourth-order valence-electron chi connectivity index (χ4n) is 1.83. The zero-order chi connectivity index (χ0) is 14.5. The van der Waals surface area contributed by atoms with E-state index in [4.69, 9.17) is 4.74 Å². The molecule has 0 aliphatic heterocycles. The van der Waals surface area contributed by atoms with E-state index in [1.807, 2.05) is 6.92 Å². The van der Waals surface area contributed by atoms with Crippen LogP contribution in [-0.4, -0.2) is 18.2 Å². The molecule has 1 unspecified atom stereocenters. The van der Waals surface area contributed by atoms with Crippen molar-refractivity contribution in [2.75, 3.05) is 6.54 Å². The Kier molecular flexibility index (Phi) is 5.80. The molecule has 0 saturated heterocycles. The van der Waals surface area contributed by atoms with Crippen LogP contribution < -0.4 is 10.1 Å². The zero-order valence-corrected chi connectivity index (χ0v) is 12.7. The summed E-state index contributed by atoms with van der Waals surface area (Å²) < 4.78 is 19.5. The predicted octanol–water partition coefficient (Wildman–Crippen LogP) is 4.07. The highest BCUT2D eigenvalue weighted by atomic mass is 19.1. The Bertz CT molecular complexity index is 398. The summed E-state index contributed by atoms with van der Waals surface area (Å²) >= 11 is 0. The highest BCUT2D eigenvalue weighted by Gasteiger charge is 2.16. The summed E-state index contributed by atoms with van der Waals surface area (Å²) in [7, 11) is 0. The highest BCUT2D eigenvalue weighted by Crippen LogP contribution is 2.21. The van der Waals surface area contributed by atoms with Crippen molar-refractivity contribution in [2.45, 2.75) is 59.1 Å². The molecule has 0 bridgehead atoms. The third-order valence-corrected chi connectivity index (χ3v) is 2.85. The Morgan fingerprint density at radius 1 is 1.32 bits per heavy atom. The van der Waals surface area contributed by atoms with Gasteiger partial charge in [-0.2, -0.15) is 0 Å². The molecule has 0 spiro atoms. The van der Waals surface area contributed by atoms with Gasteiger partial charge >= 0.3 is 0 Å². The van der Waals surface area contributed by atoms with Gasteiger partial charge in [-0.15, -0.1) is 0 Å². The molecule has 2 nitrogen and oxygen atoms in total. The fraction of sp³-hybridized carbons (Fsp3) is 0.625. The van der Waals surface area contributed by atoms with Gasteiger partial charge in [-0.05, 0) is 51.8 Å². The second-order valence-electron chi connectivity index (χ2n) is 6.09. The first-order valence-corrected chi connectivity index (χ1v) is 6.99. The predicted molar refractivity (Wildman–Crippen MR) is 78.2 cm³/mol. The Hall–Kier alpha value is -1.09. The Morgan fingerprint density at radius 3 is 2.58 bits per heavy atom. The average molecular weight is 267 g/mol. The van der Waals surface area contributed by atoms with Crippen LogP contribution in [0.4, 0.5) is 4.39 Å². The Morgan fingerprint density at radius 2 is 2.00 bits per heavy atom. The lowest BCUT2D eigenvalue weighted by atomic mass is 10.1. The minimum absolute atomic E-state index is 0.000486. The van der Waals surface area contributed by atoms with Gasteiger partial charge in [-0.25, -0.2) is 4.39 Å². The van der Waals surface area contributed by atoms with Gasteiger partial charge in [-0.1, -0.05) is 19.4 Å². The van der Waals surface area contributed by atoms with E-state index in [-0.39, 0.29) is 17.5 Å². The lowest BCUT2D eigenvalue weighted by Crippen LogP contribution is -2.42. The van der Waals surface area contributed by atoms with E-state index in [1.54, 1.807) is 12.1 Å². The van der Waals surface area contributed by atoms with Crippen molar-refractivity contribution in [1.29, 1.82) is 0 Å². The van der Waals surface area contributed by atoms with Gasteiger partial charge in [0.15, 0.2) is 11.6 Å². The minimum atomic E-state index is -0.289. The van der Waals surface area contributed by atoms with E-state index in [0.29, 0.717) is 5.75 Å². The van der Waals surface area contributed by atoms with Gasteiger partial charge in [0, 0.05) is 12.1 Å². The monoisotopic (exact) mass is 267 g/mol. The molecule has 0 radical (unpaired) electrons. The first-order valence-electron chi connectivity index (χ1n) is 6.99. The number of halogens is 1. The van der Waals surface area contributed by atoms with Crippen LogP contribution in [0.15, 0.2) is 18.2 Å². The molecule has 1 N–H and O–H groups in total. The molecular weight excluding hydrogens is 241 g/mol. The lowest BCUT2D eigenvalue weighted by Gasteiger charge is -2.26. The molecule has 1 aromatic carbocycles. The standard InChI is InChI=1S/C16H26FNO/c1-6-7-13(11-18-16(3,4)5)19-15-10-12(2)8-9-14(15)17/h8-10,13,18H,6-7,11H2,1-5H3. The number of rotatable bonds is 6. The van der Waals surface area contributed by atoms with E-state index < -0.39 is 0 Å². The number of ether oxygens (including phenoxy) is 1. The summed E-state index contributed by atoms with van der Waals surface area (Å²) in [5.74, 6) is 0.0663. The molecule has 3 heteroatoms. The van der Waals surface area contributed by atoms with Gasteiger partial charge in [0.05, 0.1) is 0 Å². The molecule has 0 aromatic heterocycles. The summed E-state index contributed by atoms with van der Waals surface area (Å²) in [6.45, 7) is 11.1. The van der Waals surface area contributed by atoms with E-state index in [1.165, 1.54) is 6.07 Å². The molecule has 1 atom stereocenters. The molecule has 0 fully saturated rings. The maximum Gasteiger partial charge on any atom is 0.165 e. The maximum atomic E-state index is 13.7. The van der Waals surface area contributed by atoms with Crippen LogP contribution in [0.3, 0.4) is 0 Å². The van der Waals surface area contributed by atoms with E-state index >= 15 is 0 Å². The van der Waals surface area contributed by atoms with Crippen molar-refractivity contribution < 1.29 is 9.13 Å². The largest absolute Gasteiger partial charge is 0.486 e. The Labute approximate surface area is 116 Å². The number of nitrogens with one attached hydrogen (secondary N) is 1. The summed E-state index contributed by atoms with van der Waals surface area (Å²) in [4.78, 5) is 0. The van der Waals surface area contributed by atoms with Crippen molar-refractivity contribution in [3.8, 4) is 5.75 Å². The van der Waals surface area contributed by atoms with Gasteiger partial charge in [0.1, 0.15) is 6.10 Å². The molecule has 0 heterocycles. The quantitative estimate of drug-likeness (QED) is 0.839. The molecule has 1 aromatic rings. The summed E-state index contributed by atoms with van der Waals surface area (Å²) in [5, 5.41) is 3.41. The van der Waals surface area contributed by atoms with Crippen LogP contribution in [0.25, 0.3) is 0 Å². The SMILES string of the molecule is CCCC(CNC(C)(C)C)Oc1cc(C)ccc1F. The number of benzene rings is 1. The van der Waals surface area contributed by atoms with E-state index in [2.05, 4.69) is 33.0 Å². The molecule has 19 heavy (non-hydrogen) atoms. The molecule has 1 rings (SSSR count). The molecule has 0 saturated carbocycles. The summed E-state index contributed by atoms with van der Waals surface area (Å²) in [6, 6.07) is 4.98. The third-order valence-electron chi connectivity index (χ3n) is 2.85. The second-order valence-corrected chi connectivity index (χ2v) is 6.09. The molecule has 0 amide bonds. The fourth-order valence-corrected chi connectivity index (χ4v) is 1.83. The van der Waals surface area contributed by atoms with E-state index in [9.17, 15) is 4.39 Å². The van der Waals surface area contributed by atoms with Crippen LogP contribution >= 0.6 is 0 Å². The first kappa shape index (κ1) is 16.0. The zero-order valence-electron chi connectivity index (χ0n) is 12.7. The topological polar surface area (TPSA) is 21.3 Å². The summed E-state index contributed by atoms with van der Waals surface area (Å²) in [5.41, 5.74) is 1.05. The number of hydrogen-bond donors (Lipinski definition) is 1. The number of aryl methyl sites for hydroxylation is 1. The van der Waals surface area contributed by atoms with Crippen molar-refractivity contribution in [3.63, 3.8) is 0 Å². The number of hydrogen-bond acceptors (Lipinski definition) is 2. The Balaban J connectivity index is 2.69. The normalized spacial score (nSPS) is 13.4. The van der Waals surface area contributed by atoms with Crippen LogP contribution in [0.5, 0.6) is 5.75 Å². The van der Waals surface area contributed by atoms with Gasteiger partial charge < -0.3 is 10.1 Å². The van der Waals surface area contributed by atoms with Crippen LogP contribution in [0, 0.1) is 12.7 Å². The molecule has 108 valence electrons. The summed E-state index contributed by atoms with van der Waals surface area (Å²) in [6.07, 6.45) is 1.93. The van der Waals surface area contributed by atoms with Crippen molar-refractivity contribution in [3.05, 3.63) is 29.6 Å². The maximum absolute atomic E-state index is 13.7. The highest BCUT2D eigenvalue weighted by molar-refractivity contribution is 5.29. The lowest BCUT2D eigenvalue weighted by molar-refractivity contribution is 0.168. The molecular formula is C16H26FNO. The van der Waals surface area contributed by atoms with Crippen molar-refractivity contribution in [1.82, 2.24) is 5.32 Å². The smallest absolute Gasteiger partial charge is 0.165 e. The second kappa shape index (κ2) is 6.90. The van der Waals surface area contributed by atoms with Crippen molar-refractivity contribution >= 4 is 0 Å². The van der Waals surface area contributed by atoms with Crippen LogP contribution in [0.2, 0.25) is 0 Å². The minimum Gasteiger partial charge on any atom is -0.486 e. The van der Waals surface area contributed by atoms with E-state index in [0.717, 1.165) is 24.9 Å². The van der Waals surface area contributed by atoms with Gasteiger partial charge in [-0.3, -0.25) is 0 Å². The van der Waals surface area contributed by atoms with Crippen molar-refractivity contribution in [2.24, 2.45) is 0 Å².